The molecule has 0 aliphatic carbocycles. The quantitative estimate of drug-likeness (QED) is 0.401. The standard InChI is InChI=1S/C29H32N2O9/c1-37-23-8-17(9-24(38-2)28(23)36)20(11-26(34)39-3)29-27(35)22(32)10-19(40-29)15-30-12-16-7-18(14-30)21-5-4-6-25(33)31(21)13-16/h4-6,8-10,16,18,20,35-36H,7,11-15H2,1-3H3/t16-,18+,20+/m1/s1. The number of aromatic nitrogens is 1. The summed E-state index contributed by atoms with van der Waals surface area (Å²) in [6.07, 6.45) is 0.726. The zero-order valence-corrected chi connectivity index (χ0v) is 22.6. The minimum atomic E-state index is -0.942. The van der Waals surface area contributed by atoms with Crippen LogP contribution in [0.3, 0.4) is 0 Å². The van der Waals surface area contributed by atoms with Gasteiger partial charge in [-0.15, -0.1) is 0 Å². The lowest BCUT2D eigenvalue weighted by molar-refractivity contribution is -0.140. The van der Waals surface area contributed by atoms with Gasteiger partial charge in [0.15, 0.2) is 17.3 Å². The van der Waals surface area contributed by atoms with Crippen molar-refractivity contribution in [3.63, 3.8) is 0 Å². The third-order valence-corrected chi connectivity index (χ3v) is 7.75. The maximum Gasteiger partial charge on any atom is 0.306 e. The summed E-state index contributed by atoms with van der Waals surface area (Å²) in [5.74, 6) is -1.54. The summed E-state index contributed by atoms with van der Waals surface area (Å²) < 4.78 is 23.4. The molecule has 11 nitrogen and oxygen atoms in total. The van der Waals surface area contributed by atoms with Crippen molar-refractivity contribution in [2.24, 2.45) is 5.92 Å². The summed E-state index contributed by atoms with van der Waals surface area (Å²) in [7, 11) is 3.98. The van der Waals surface area contributed by atoms with Gasteiger partial charge >= 0.3 is 5.97 Å². The Balaban J connectivity index is 1.50. The van der Waals surface area contributed by atoms with Crippen LogP contribution >= 0.6 is 0 Å². The Hall–Kier alpha value is -4.25. The summed E-state index contributed by atoms with van der Waals surface area (Å²) in [6, 6.07) is 9.59. The van der Waals surface area contributed by atoms with Gasteiger partial charge in [-0.1, -0.05) is 6.07 Å². The van der Waals surface area contributed by atoms with Crippen LogP contribution in [0.1, 0.15) is 47.5 Å². The van der Waals surface area contributed by atoms with Crippen molar-refractivity contribution in [2.75, 3.05) is 34.4 Å². The minimum absolute atomic E-state index is 0.00830. The predicted molar refractivity (Wildman–Crippen MR) is 143 cm³/mol. The molecule has 0 unspecified atom stereocenters. The van der Waals surface area contributed by atoms with Crippen LogP contribution in [0, 0.1) is 5.92 Å². The third-order valence-electron chi connectivity index (χ3n) is 7.75. The number of rotatable bonds is 8. The molecule has 0 amide bonds. The van der Waals surface area contributed by atoms with Gasteiger partial charge in [0.25, 0.3) is 5.56 Å². The number of likely N-dealkylation sites (tertiary alicyclic amines) is 1. The maximum absolute atomic E-state index is 12.9. The van der Waals surface area contributed by atoms with Crippen molar-refractivity contribution >= 4 is 5.97 Å². The van der Waals surface area contributed by atoms with E-state index >= 15 is 0 Å². The average Bonchev–Trinajstić information content (AvgIpc) is 2.94. The van der Waals surface area contributed by atoms with Crippen LogP contribution < -0.4 is 20.5 Å². The van der Waals surface area contributed by atoms with E-state index in [2.05, 4.69) is 4.90 Å². The number of ether oxygens (including phenoxy) is 3. The predicted octanol–water partition coefficient (Wildman–Crippen LogP) is 2.54. The number of benzene rings is 1. The van der Waals surface area contributed by atoms with E-state index in [-0.39, 0.29) is 46.8 Å². The van der Waals surface area contributed by atoms with Gasteiger partial charge in [0.2, 0.25) is 16.9 Å². The zero-order chi connectivity index (χ0) is 28.6. The highest BCUT2D eigenvalue weighted by Gasteiger charge is 2.35. The van der Waals surface area contributed by atoms with Crippen LogP contribution in [0.2, 0.25) is 0 Å². The smallest absolute Gasteiger partial charge is 0.306 e. The number of hydrogen-bond donors (Lipinski definition) is 2. The summed E-state index contributed by atoms with van der Waals surface area (Å²) in [5, 5.41) is 21.2. The lowest BCUT2D eigenvalue weighted by Crippen LogP contribution is -2.46. The van der Waals surface area contributed by atoms with E-state index in [1.54, 1.807) is 12.1 Å². The highest BCUT2D eigenvalue weighted by molar-refractivity contribution is 5.71. The second kappa shape index (κ2) is 11.1. The van der Waals surface area contributed by atoms with Crippen molar-refractivity contribution in [1.29, 1.82) is 0 Å². The first kappa shape index (κ1) is 27.3. The first-order valence-corrected chi connectivity index (χ1v) is 13.0. The maximum atomic E-state index is 12.9. The number of phenols is 1. The molecule has 4 heterocycles. The van der Waals surface area contributed by atoms with Crippen molar-refractivity contribution in [1.82, 2.24) is 9.47 Å². The molecule has 1 saturated heterocycles. The molecule has 3 atom stereocenters. The van der Waals surface area contributed by atoms with E-state index in [0.29, 0.717) is 31.0 Å². The number of carbonyl (C=O) groups excluding carboxylic acids is 1. The Morgan fingerprint density at radius 2 is 1.75 bits per heavy atom. The Kier molecular flexibility index (Phi) is 7.57. The van der Waals surface area contributed by atoms with Crippen LogP contribution in [-0.2, 0) is 22.6 Å². The van der Waals surface area contributed by atoms with E-state index in [9.17, 15) is 24.6 Å². The van der Waals surface area contributed by atoms with E-state index in [0.717, 1.165) is 18.7 Å². The zero-order valence-electron chi connectivity index (χ0n) is 22.6. The second-order valence-electron chi connectivity index (χ2n) is 10.3. The first-order valence-electron chi connectivity index (χ1n) is 13.0. The summed E-state index contributed by atoms with van der Waals surface area (Å²) in [4.78, 5) is 39.9. The van der Waals surface area contributed by atoms with Gasteiger partial charge in [0.05, 0.1) is 40.2 Å². The molecule has 40 heavy (non-hydrogen) atoms. The van der Waals surface area contributed by atoms with Crippen molar-refractivity contribution in [3.8, 4) is 23.0 Å². The van der Waals surface area contributed by atoms with E-state index in [4.69, 9.17) is 18.6 Å². The van der Waals surface area contributed by atoms with Gasteiger partial charge in [-0.05, 0) is 36.1 Å². The molecule has 0 saturated carbocycles. The Morgan fingerprint density at radius 3 is 2.42 bits per heavy atom. The molecule has 2 aromatic heterocycles. The highest BCUT2D eigenvalue weighted by atomic mass is 16.5. The number of aromatic hydroxyl groups is 2. The topological polar surface area (TPSA) is 141 Å². The largest absolute Gasteiger partial charge is 0.502 e. The molecule has 2 aliphatic heterocycles. The number of piperidine rings is 1. The van der Waals surface area contributed by atoms with Crippen molar-refractivity contribution in [2.45, 2.75) is 37.8 Å². The molecule has 2 aliphatic rings. The van der Waals surface area contributed by atoms with E-state index in [1.165, 1.54) is 39.5 Å². The Bertz CT molecular complexity index is 1520. The monoisotopic (exact) mass is 552 g/mol. The second-order valence-corrected chi connectivity index (χ2v) is 10.3. The normalized spacial score (nSPS) is 19.0. The molecule has 2 N–H and O–H groups in total. The Morgan fingerprint density at radius 1 is 1.02 bits per heavy atom. The number of pyridine rings is 1. The van der Waals surface area contributed by atoms with Gasteiger partial charge < -0.3 is 33.4 Å². The molecule has 1 fully saturated rings. The molecule has 212 valence electrons. The number of methoxy groups -OCH3 is 3. The molecule has 1 aromatic carbocycles. The summed E-state index contributed by atoms with van der Waals surface area (Å²) in [5.41, 5.74) is 0.781. The van der Waals surface area contributed by atoms with Crippen molar-refractivity contribution in [3.05, 3.63) is 79.8 Å². The number of nitrogens with zero attached hydrogens (tertiary/aromatic N) is 2. The molecule has 0 spiro atoms. The molecular formula is C29H32N2O9. The number of hydrogen-bond acceptors (Lipinski definition) is 10. The van der Waals surface area contributed by atoms with Crippen LogP contribution in [0.5, 0.6) is 23.0 Å². The van der Waals surface area contributed by atoms with Crippen molar-refractivity contribution < 1.29 is 33.6 Å². The van der Waals surface area contributed by atoms with Gasteiger partial charge in [-0.2, -0.15) is 0 Å². The van der Waals surface area contributed by atoms with Gasteiger partial charge in [-0.25, -0.2) is 0 Å². The third kappa shape index (κ3) is 5.16. The number of phenolic OH excluding ortho intramolecular Hbond substituents is 1. The number of esters is 1. The van der Waals surface area contributed by atoms with E-state index < -0.39 is 23.1 Å². The van der Waals surface area contributed by atoms with Crippen LogP contribution in [0.25, 0.3) is 0 Å². The van der Waals surface area contributed by atoms with Crippen LogP contribution in [0.15, 0.2) is 50.4 Å². The first-order chi connectivity index (χ1) is 19.2. The minimum Gasteiger partial charge on any atom is -0.502 e. The molecule has 2 bridgehead atoms. The lowest BCUT2D eigenvalue weighted by Gasteiger charge is -2.42. The SMILES string of the molecule is COC(=O)C[C@@H](c1cc(OC)c(O)c(OC)c1)c1oc(CN2C[C@H]3C[C@@H](C2)c2cccc(=O)n2C3)cc(=O)c1O. The molecule has 0 radical (unpaired) electrons. The molecular weight excluding hydrogens is 520 g/mol. The molecule has 3 aromatic rings. The summed E-state index contributed by atoms with van der Waals surface area (Å²) >= 11 is 0. The van der Waals surface area contributed by atoms with Gasteiger partial charge in [-0.3, -0.25) is 19.3 Å². The van der Waals surface area contributed by atoms with Gasteiger partial charge in [0, 0.05) is 43.4 Å². The fourth-order valence-electron chi connectivity index (χ4n) is 5.94. The Labute approximate surface area is 230 Å². The number of carbonyl (C=O) groups is 1. The lowest BCUT2D eigenvalue weighted by atomic mass is 9.83. The fourth-order valence-corrected chi connectivity index (χ4v) is 5.94. The number of fused-ring (bicyclic) bond motifs is 4. The molecule has 5 rings (SSSR count). The average molecular weight is 553 g/mol. The highest BCUT2D eigenvalue weighted by Crippen LogP contribution is 2.43. The fraction of sp³-hybridized carbons (Fsp3) is 0.414. The van der Waals surface area contributed by atoms with Gasteiger partial charge in [0.1, 0.15) is 5.76 Å². The summed E-state index contributed by atoms with van der Waals surface area (Å²) in [6.45, 7) is 2.34. The van der Waals surface area contributed by atoms with E-state index in [1.807, 2.05) is 10.6 Å². The van der Waals surface area contributed by atoms with Crippen LogP contribution in [0.4, 0.5) is 0 Å². The van der Waals surface area contributed by atoms with Crippen LogP contribution in [-0.4, -0.2) is 60.1 Å². The molecule has 11 heteroatoms.